The Morgan fingerprint density at radius 2 is 1.03 bits per heavy atom. The Kier molecular flexibility index (Phi) is 21.1. The van der Waals surface area contributed by atoms with Crippen molar-refractivity contribution in [1.29, 1.82) is 0 Å². The van der Waals surface area contributed by atoms with Crippen molar-refractivity contribution < 1.29 is 8.78 Å². The van der Waals surface area contributed by atoms with Gasteiger partial charge in [0.15, 0.2) is 0 Å². The van der Waals surface area contributed by atoms with Crippen LogP contribution in [0.25, 0.3) is 0 Å². The molecule has 3 unspecified atom stereocenters. The Bertz CT molecular complexity index is 3680. The third-order valence-electron chi connectivity index (χ3n) is 26.3. The van der Waals surface area contributed by atoms with Crippen molar-refractivity contribution in [3.63, 3.8) is 0 Å². The maximum atomic E-state index is 14.5. The van der Waals surface area contributed by atoms with Crippen molar-refractivity contribution in [2.45, 2.75) is 227 Å². The molecule has 16 rings (SSSR count). The van der Waals surface area contributed by atoms with Gasteiger partial charge in [-0.05, 0) is 251 Å². The molecule has 3 aromatic heterocycles. The Morgan fingerprint density at radius 1 is 0.485 bits per heavy atom. The number of hydrogen-bond donors (Lipinski definition) is 6. The molecule has 6 aromatic rings. The van der Waals surface area contributed by atoms with Crippen LogP contribution >= 0.6 is 0 Å². The van der Waals surface area contributed by atoms with Gasteiger partial charge in [-0.2, -0.15) is 0 Å². The van der Waals surface area contributed by atoms with Gasteiger partial charge in [0.25, 0.3) is 0 Å². The van der Waals surface area contributed by atoms with Crippen LogP contribution in [0.2, 0.25) is 0 Å². The number of aromatic nitrogens is 3. The molecule has 99 heavy (non-hydrogen) atoms. The molecule has 528 valence electrons. The monoisotopic (exact) mass is 1340 g/mol. The summed E-state index contributed by atoms with van der Waals surface area (Å²) < 4.78 is 29.0. The summed E-state index contributed by atoms with van der Waals surface area (Å²) in [7, 11) is 0. The van der Waals surface area contributed by atoms with Crippen molar-refractivity contribution in [3.8, 4) is 0 Å². The predicted octanol–water partition coefficient (Wildman–Crippen LogP) is 13.1. The predicted molar refractivity (Wildman–Crippen MR) is 394 cm³/mol. The maximum absolute atomic E-state index is 14.5. The second-order valence-corrected chi connectivity index (χ2v) is 32.7. The van der Waals surface area contributed by atoms with E-state index in [4.69, 9.17) is 26.4 Å². The van der Waals surface area contributed by atoms with E-state index in [1.807, 2.05) is 6.20 Å². The van der Waals surface area contributed by atoms with Gasteiger partial charge in [-0.1, -0.05) is 66.7 Å². The summed E-state index contributed by atoms with van der Waals surface area (Å²) in [4.78, 5) is 26.9. The lowest BCUT2D eigenvalue weighted by Gasteiger charge is -2.43. The molecule has 0 radical (unpaired) electrons. The molecule has 13 nitrogen and oxygen atoms in total. The quantitative estimate of drug-likeness (QED) is 0.0431. The fourth-order valence-corrected chi connectivity index (χ4v) is 20.7. The molecule has 1 saturated heterocycles. The van der Waals surface area contributed by atoms with Crippen LogP contribution in [0.5, 0.6) is 0 Å². The van der Waals surface area contributed by atoms with Gasteiger partial charge in [0.05, 0.1) is 35.2 Å². The molecule has 0 spiro atoms. The van der Waals surface area contributed by atoms with Gasteiger partial charge < -0.3 is 37.6 Å². The second kappa shape index (κ2) is 30.8. The molecule has 4 fully saturated rings. The highest BCUT2D eigenvalue weighted by Crippen LogP contribution is 2.49. The number of nitrogens with one attached hydrogen (secondary N) is 4. The van der Waals surface area contributed by atoms with Crippen molar-refractivity contribution in [1.82, 2.24) is 50.9 Å². The van der Waals surface area contributed by atoms with E-state index in [0.717, 1.165) is 175 Å². The normalized spacial score (nSPS) is 29.3. The number of nitrogens with zero attached hydrogens (tertiary/aromatic N) is 7. The van der Waals surface area contributed by atoms with Gasteiger partial charge in [-0.25, -0.2) is 8.78 Å². The summed E-state index contributed by atoms with van der Waals surface area (Å²) in [6.45, 7) is 13.5. The summed E-state index contributed by atoms with van der Waals surface area (Å²) in [5.74, 6) is 0.368. The van der Waals surface area contributed by atoms with Crippen LogP contribution in [0.15, 0.2) is 110 Å². The molecule has 0 amide bonds. The number of fused-ring (bicyclic) bond motifs is 6. The van der Waals surface area contributed by atoms with Gasteiger partial charge >= 0.3 is 0 Å². The van der Waals surface area contributed by atoms with E-state index in [1.54, 1.807) is 0 Å². The van der Waals surface area contributed by atoms with Crippen LogP contribution in [-0.4, -0.2) is 132 Å². The van der Waals surface area contributed by atoms with E-state index >= 15 is 0 Å². The number of piperazine rings is 1. The highest BCUT2D eigenvalue weighted by Gasteiger charge is 2.42. The molecular weight excluding hydrogens is 1230 g/mol. The number of benzene rings is 3. The maximum Gasteiger partial charge on any atom is 0.248 e. The minimum Gasteiger partial charge on any atom is -0.369 e. The topological polar surface area (TPSA) is 152 Å². The number of hydrogen-bond acceptors (Lipinski definition) is 13. The van der Waals surface area contributed by atoms with Crippen molar-refractivity contribution in [2.75, 3.05) is 76.9 Å². The zero-order chi connectivity index (χ0) is 66.8. The minimum atomic E-state index is -2.52. The van der Waals surface area contributed by atoms with E-state index in [9.17, 15) is 8.78 Å². The number of rotatable bonds is 20. The lowest BCUT2D eigenvalue weighted by Crippen LogP contribution is -2.48. The zero-order valence-electron chi connectivity index (χ0n) is 59.1. The highest BCUT2D eigenvalue weighted by molar-refractivity contribution is 5.62. The SMILES string of the molecule is NC[C@H]1CC[C@H](CN(C[C@H]2Cc3ccccc3CN2)C2CCC(c3ccc4c(c3)CN[C@@H](CN(C[C@H]3CC[C@H](N)CC3)[C@H]3CCC(c5cc6c(c(N7CCNCC7)c5)C[C@H](CCN(CC5CCC(F)(F)CC5)[C@H]5CCCc7cccnc75)NC6)c5cccnc53)C4)c3cccnc32)CC1. The van der Waals surface area contributed by atoms with Gasteiger partial charge in [0, 0.05) is 158 Å². The fourth-order valence-electron chi connectivity index (χ4n) is 20.7. The second-order valence-electron chi connectivity index (χ2n) is 32.7. The number of anilines is 1. The first-order chi connectivity index (χ1) is 48.6. The zero-order valence-corrected chi connectivity index (χ0v) is 59.1. The Balaban J connectivity index is 0.621. The van der Waals surface area contributed by atoms with Crippen LogP contribution in [0.4, 0.5) is 14.5 Å². The number of halogens is 2. The number of pyridine rings is 3. The molecule has 8 atom stereocenters. The smallest absolute Gasteiger partial charge is 0.248 e. The Morgan fingerprint density at radius 3 is 1.72 bits per heavy atom. The molecular formula is C84H113F2N13. The highest BCUT2D eigenvalue weighted by atomic mass is 19.3. The van der Waals surface area contributed by atoms with Crippen LogP contribution in [-0.2, 0) is 45.3 Å². The van der Waals surface area contributed by atoms with E-state index in [1.165, 1.54) is 122 Å². The first kappa shape index (κ1) is 67.9. The lowest BCUT2D eigenvalue weighted by atomic mass is 9.76. The van der Waals surface area contributed by atoms with Crippen LogP contribution in [0, 0.1) is 23.7 Å². The van der Waals surface area contributed by atoms with E-state index < -0.39 is 5.92 Å². The van der Waals surface area contributed by atoms with Gasteiger partial charge in [-0.3, -0.25) is 29.7 Å². The van der Waals surface area contributed by atoms with E-state index in [2.05, 4.69) is 144 Å². The molecule has 7 heterocycles. The number of nitrogens with two attached hydrogens (primary N) is 2. The summed E-state index contributed by atoms with van der Waals surface area (Å²) in [5.41, 5.74) is 34.0. The molecule has 0 bridgehead atoms. The molecule has 15 heteroatoms. The lowest BCUT2D eigenvalue weighted by molar-refractivity contribution is -0.0506. The van der Waals surface area contributed by atoms with E-state index in [0.29, 0.717) is 72.6 Å². The average Bonchev–Trinajstić information content (AvgIpc) is 0.779. The van der Waals surface area contributed by atoms with Crippen molar-refractivity contribution >= 4 is 5.69 Å². The van der Waals surface area contributed by atoms with Gasteiger partial charge in [0.1, 0.15) is 0 Å². The molecule has 4 aliphatic heterocycles. The van der Waals surface area contributed by atoms with Crippen LogP contribution < -0.4 is 37.6 Å². The summed E-state index contributed by atoms with van der Waals surface area (Å²) in [6.07, 6.45) is 28.8. The largest absolute Gasteiger partial charge is 0.369 e. The van der Waals surface area contributed by atoms with Crippen LogP contribution in [0.3, 0.4) is 0 Å². The third kappa shape index (κ3) is 15.4. The first-order valence-corrected chi connectivity index (χ1v) is 39.5. The average molecular weight is 1340 g/mol. The summed E-state index contributed by atoms with van der Waals surface area (Å²) >= 11 is 0. The first-order valence-electron chi connectivity index (χ1n) is 39.5. The minimum absolute atomic E-state index is 0.0152. The molecule has 10 aliphatic rings. The van der Waals surface area contributed by atoms with Gasteiger partial charge in [-0.15, -0.1) is 0 Å². The van der Waals surface area contributed by atoms with Crippen LogP contribution in [0.1, 0.15) is 230 Å². The van der Waals surface area contributed by atoms with Gasteiger partial charge in [0.2, 0.25) is 5.92 Å². The molecule has 3 saturated carbocycles. The molecule has 6 aliphatic carbocycles. The molecule has 8 N–H and O–H groups in total. The summed E-state index contributed by atoms with van der Waals surface area (Å²) in [6, 6.07) is 37.6. The summed E-state index contributed by atoms with van der Waals surface area (Å²) in [5, 5.41) is 15.9. The van der Waals surface area contributed by atoms with E-state index in [-0.39, 0.29) is 30.8 Å². The number of alkyl halides is 2. The number of aryl methyl sites for hydroxylation is 1. The third-order valence-corrected chi connectivity index (χ3v) is 26.3. The van der Waals surface area contributed by atoms with Crippen molar-refractivity contribution in [3.05, 3.63) is 188 Å². The standard InChI is InChI=1S/C84H113F2N13/c85-84(86)31-28-59(29-32-84)51-97(77-13-3-9-60-10-4-33-90-81(60)77)38-30-69-46-76-67(50-93-69)42-65(45-80(76)96-39-36-89-37-40-96)73-25-27-79(83-75(73)12-6-35-92-83)99(53-58-18-22-68(88)23-19-58)55-71-44-62-20-21-63(41-66(62)49-95-71)72-24-26-78(82-74(72)11-5-34-91-82)98(52-57-16-14-56(47-87)15-17-57)54-70-43-61-7-1-2-8-64(61)48-94-70/h1-2,4-8,10-12,20-21,33-35,41-42,45,56-59,68-73,77-79,89,93-95H,3,9,13-19,22-32,36-40,43-44,46-55,87-88H2/t56-,57-,58-,68-,69-,70+,71+,72?,73?,77-,78?,79-/m0/s1. The Labute approximate surface area is 589 Å². The Hall–Kier alpha value is -5.59. The molecule has 3 aromatic carbocycles. The fraction of sp³-hybridized carbons (Fsp3) is 0.607. The van der Waals surface area contributed by atoms with Crippen molar-refractivity contribution in [2.24, 2.45) is 35.1 Å².